The number of hydrogen-bond acceptors (Lipinski definition) is 5. The molecule has 1 saturated carbocycles. The number of aliphatic hydroxyl groups excluding tert-OH is 1. The quantitative estimate of drug-likeness (QED) is 0.845. The first-order valence-corrected chi connectivity index (χ1v) is 6.99. The van der Waals surface area contributed by atoms with Crippen LogP contribution in [0.3, 0.4) is 0 Å². The van der Waals surface area contributed by atoms with E-state index in [9.17, 15) is 9.90 Å². The normalized spacial score (nSPS) is 22.9. The zero-order chi connectivity index (χ0) is 13.1. The molecule has 1 aromatic heterocycles. The number of aromatic nitrogens is 1. The summed E-state index contributed by atoms with van der Waals surface area (Å²) in [5.41, 5.74) is 0.978. The Balaban J connectivity index is 1.77. The highest BCUT2D eigenvalue weighted by Gasteiger charge is 2.27. The predicted octanol–water partition coefficient (Wildman–Crippen LogP) is 1.30. The lowest BCUT2D eigenvalue weighted by molar-refractivity contribution is -0.114. The molecule has 1 amide bonds. The lowest BCUT2D eigenvalue weighted by atomic mass is 9.82. The summed E-state index contributed by atoms with van der Waals surface area (Å²) >= 11 is 1.45. The number of nitrogens with zero attached hydrogens (tertiary/aromatic N) is 2. The van der Waals surface area contributed by atoms with Gasteiger partial charge >= 0.3 is 0 Å². The van der Waals surface area contributed by atoms with Crippen molar-refractivity contribution in [3.05, 3.63) is 11.1 Å². The maximum atomic E-state index is 10.9. The molecular formula is C12H19N3O2S. The molecule has 0 atom stereocenters. The molecule has 0 spiro atoms. The van der Waals surface area contributed by atoms with E-state index in [2.05, 4.69) is 22.2 Å². The third-order valence-corrected chi connectivity index (χ3v) is 3.85. The van der Waals surface area contributed by atoms with Crippen LogP contribution < -0.4 is 5.32 Å². The van der Waals surface area contributed by atoms with Crippen molar-refractivity contribution in [2.24, 2.45) is 5.92 Å². The molecule has 0 aromatic carbocycles. The Bertz CT molecular complexity index is 415. The van der Waals surface area contributed by atoms with Crippen LogP contribution in [0.5, 0.6) is 0 Å². The Morgan fingerprint density at radius 1 is 1.67 bits per heavy atom. The van der Waals surface area contributed by atoms with Crippen LogP contribution in [0.2, 0.25) is 0 Å². The average Bonchev–Trinajstić information content (AvgIpc) is 2.62. The van der Waals surface area contributed by atoms with Crippen molar-refractivity contribution < 1.29 is 9.90 Å². The molecule has 1 fully saturated rings. The number of aliphatic hydroxyl groups is 1. The molecule has 1 aromatic rings. The van der Waals surface area contributed by atoms with E-state index in [4.69, 9.17) is 0 Å². The van der Waals surface area contributed by atoms with E-state index in [1.165, 1.54) is 18.3 Å². The summed E-state index contributed by atoms with van der Waals surface area (Å²) in [5, 5.41) is 14.6. The summed E-state index contributed by atoms with van der Waals surface area (Å²) in [4.78, 5) is 17.5. The molecular weight excluding hydrogens is 250 g/mol. The van der Waals surface area contributed by atoms with Gasteiger partial charge in [0.25, 0.3) is 0 Å². The van der Waals surface area contributed by atoms with Gasteiger partial charge in [-0.2, -0.15) is 0 Å². The van der Waals surface area contributed by atoms with Crippen molar-refractivity contribution in [1.29, 1.82) is 0 Å². The van der Waals surface area contributed by atoms with Gasteiger partial charge in [0.15, 0.2) is 5.13 Å². The Kier molecular flexibility index (Phi) is 4.31. The molecule has 100 valence electrons. The maximum absolute atomic E-state index is 10.9. The second kappa shape index (κ2) is 5.77. The first-order valence-electron chi connectivity index (χ1n) is 6.11. The summed E-state index contributed by atoms with van der Waals surface area (Å²) < 4.78 is 0. The van der Waals surface area contributed by atoms with Gasteiger partial charge in [0.05, 0.1) is 11.8 Å². The summed E-state index contributed by atoms with van der Waals surface area (Å²) in [7, 11) is 2.06. The molecule has 1 aliphatic carbocycles. The van der Waals surface area contributed by atoms with E-state index < -0.39 is 0 Å². The first-order chi connectivity index (χ1) is 8.52. The predicted molar refractivity (Wildman–Crippen MR) is 71.5 cm³/mol. The van der Waals surface area contributed by atoms with E-state index in [-0.39, 0.29) is 12.0 Å². The number of carbonyl (C=O) groups excluding carboxylic acids is 1. The molecule has 2 N–H and O–H groups in total. The highest BCUT2D eigenvalue weighted by Crippen LogP contribution is 2.28. The van der Waals surface area contributed by atoms with Crippen molar-refractivity contribution in [3.63, 3.8) is 0 Å². The van der Waals surface area contributed by atoms with Crippen LogP contribution in [0.4, 0.5) is 5.13 Å². The second-order valence-electron chi connectivity index (χ2n) is 5.01. The Morgan fingerprint density at radius 3 is 3.00 bits per heavy atom. The van der Waals surface area contributed by atoms with E-state index in [0.29, 0.717) is 11.0 Å². The fraction of sp³-hybridized carbons (Fsp3) is 0.667. The van der Waals surface area contributed by atoms with Gasteiger partial charge in [-0.3, -0.25) is 4.79 Å². The Morgan fingerprint density at radius 2 is 2.39 bits per heavy atom. The highest BCUT2D eigenvalue weighted by molar-refractivity contribution is 7.13. The zero-order valence-corrected chi connectivity index (χ0v) is 11.5. The molecule has 1 aliphatic rings. The van der Waals surface area contributed by atoms with Gasteiger partial charge in [-0.1, -0.05) is 0 Å². The number of rotatable bonds is 5. The van der Waals surface area contributed by atoms with Crippen LogP contribution in [0, 0.1) is 5.92 Å². The standard InChI is InChI=1S/C12H19N3O2S/c1-8(16)13-12-14-10(7-18-12)6-15(2)5-9-3-11(17)4-9/h7,9,11,17H,3-6H2,1-2H3,(H,13,14,16). The monoisotopic (exact) mass is 269 g/mol. The van der Waals surface area contributed by atoms with Crippen molar-refractivity contribution in [1.82, 2.24) is 9.88 Å². The molecule has 5 nitrogen and oxygen atoms in total. The summed E-state index contributed by atoms with van der Waals surface area (Å²) in [6, 6.07) is 0. The fourth-order valence-corrected chi connectivity index (χ4v) is 2.97. The molecule has 1 heterocycles. The van der Waals surface area contributed by atoms with Crippen LogP contribution in [0.15, 0.2) is 5.38 Å². The summed E-state index contributed by atoms with van der Waals surface area (Å²) in [6.07, 6.45) is 1.74. The van der Waals surface area contributed by atoms with Crippen LogP contribution in [-0.2, 0) is 11.3 Å². The van der Waals surface area contributed by atoms with Crippen molar-refractivity contribution in [2.75, 3.05) is 18.9 Å². The van der Waals surface area contributed by atoms with Crippen molar-refractivity contribution >= 4 is 22.4 Å². The summed E-state index contributed by atoms with van der Waals surface area (Å²) in [5.74, 6) is 0.520. The van der Waals surface area contributed by atoms with Crippen LogP contribution in [0.1, 0.15) is 25.5 Å². The smallest absolute Gasteiger partial charge is 0.223 e. The topological polar surface area (TPSA) is 65.5 Å². The maximum Gasteiger partial charge on any atom is 0.223 e. The molecule has 6 heteroatoms. The second-order valence-corrected chi connectivity index (χ2v) is 5.87. The van der Waals surface area contributed by atoms with E-state index in [0.717, 1.165) is 31.6 Å². The molecule has 18 heavy (non-hydrogen) atoms. The van der Waals surface area contributed by atoms with Gasteiger partial charge < -0.3 is 15.3 Å². The number of nitrogens with one attached hydrogen (secondary N) is 1. The van der Waals surface area contributed by atoms with Crippen molar-refractivity contribution in [3.8, 4) is 0 Å². The lowest BCUT2D eigenvalue weighted by Gasteiger charge is -2.34. The van der Waals surface area contributed by atoms with Crippen molar-refractivity contribution in [2.45, 2.75) is 32.4 Å². The average molecular weight is 269 g/mol. The van der Waals surface area contributed by atoms with E-state index >= 15 is 0 Å². The van der Waals surface area contributed by atoms with Gasteiger partial charge in [0.2, 0.25) is 5.91 Å². The van der Waals surface area contributed by atoms with Gasteiger partial charge in [-0.05, 0) is 25.8 Å². The number of anilines is 1. The minimum atomic E-state index is -0.0901. The van der Waals surface area contributed by atoms with Crippen LogP contribution in [-0.4, -0.2) is 40.6 Å². The van der Waals surface area contributed by atoms with Gasteiger partial charge in [0, 0.05) is 25.4 Å². The fourth-order valence-electron chi connectivity index (χ4n) is 2.22. The van der Waals surface area contributed by atoms with Gasteiger partial charge in [-0.15, -0.1) is 11.3 Å². The number of amides is 1. The summed E-state index contributed by atoms with van der Waals surface area (Å²) in [6.45, 7) is 3.25. The lowest BCUT2D eigenvalue weighted by Crippen LogP contribution is -2.36. The number of carbonyl (C=O) groups is 1. The number of hydrogen-bond donors (Lipinski definition) is 2. The Hall–Kier alpha value is -0.980. The minimum absolute atomic E-state index is 0.0889. The molecule has 0 radical (unpaired) electrons. The molecule has 0 saturated heterocycles. The largest absolute Gasteiger partial charge is 0.393 e. The minimum Gasteiger partial charge on any atom is -0.393 e. The molecule has 2 rings (SSSR count). The number of thiazole rings is 1. The van der Waals surface area contributed by atoms with Gasteiger partial charge in [-0.25, -0.2) is 4.98 Å². The molecule has 0 bridgehead atoms. The SMILES string of the molecule is CC(=O)Nc1nc(CN(C)CC2CC(O)C2)cs1. The molecule has 0 unspecified atom stereocenters. The van der Waals surface area contributed by atoms with E-state index in [1.807, 2.05) is 5.38 Å². The van der Waals surface area contributed by atoms with Crippen LogP contribution >= 0.6 is 11.3 Å². The zero-order valence-electron chi connectivity index (χ0n) is 10.7. The van der Waals surface area contributed by atoms with Gasteiger partial charge in [0.1, 0.15) is 0 Å². The van der Waals surface area contributed by atoms with Crippen LogP contribution in [0.25, 0.3) is 0 Å². The third kappa shape index (κ3) is 3.76. The molecule has 0 aliphatic heterocycles. The third-order valence-electron chi connectivity index (χ3n) is 3.05. The van der Waals surface area contributed by atoms with E-state index in [1.54, 1.807) is 0 Å². The Labute approximate surface area is 111 Å². The highest BCUT2D eigenvalue weighted by atomic mass is 32.1. The first kappa shape index (κ1) is 13.5.